The van der Waals surface area contributed by atoms with E-state index in [1.807, 2.05) is 102 Å². The number of isocyanates is 2. The Hall–Kier alpha value is -10.5. The summed E-state index contributed by atoms with van der Waals surface area (Å²) in [6, 6.07) is 25.8. The van der Waals surface area contributed by atoms with Crippen molar-refractivity contribution >= 4 is 94.6 Å². The Morgan fingerprint density at radius 1 is 0.500 bits per heavy atom. The maximum atomic E-state index is 14.5. The average molecular weight is 1440 g/mol. The van der Waals surface area contributed by atoms with E-state index in [4.69, 9.17) is 9.47 Å². The van der Waals surface area contributed by atoms with Crippen molar-refractivity contribution in [2.75, 3.05) is 77.1 Å². The second-order valence-electron chi connectivity index (χ2n) is 30.1. The molecule has 0 unspecified atom stereocenters. The first kappa shape index (κ1) is 84.2. The van der Waals surface area contributed by atoms with Crippen LogP contribution in [0.15, 0.2) is 119 Å². The molecule has 28 nitrogen and oxygen atoms in total. The van der Waals surface area contributed by atoms with Crippen LogP contribution in [0.5, 0.6) is 0 Å². The van der Waals surface area contributed by atoms with Crippen LogP contribution in [0.2, 0.25) is 0 Å². The molecule has 2 aliphatic heterocycles. The van der Waals surface area contributed by atoms with Crippen LogP contribution in [0.25, 0.3) is 0 Å². The third-order valence-electron chi connectivity index (χ3n) is 17.4. The number of likely N-dealkylation sites (tertiary alicyclic amines) is 2. The van der Waals surface area contributed by atoms with Crippen molar-refractivity contribution in [3.63, 3.8) is 0 Å². The summed E-state index contributed by atoms with van der Waals surface area (Å²) in [6.07, 6.45) is 5.02. The Morgan fingerprint density at radius 3 is 1.12 bits per heavy atom. The minimum absolute atomic E-state index is 0.176. The van der Waals surface area contributed by atoms with E-state index in [-0.39, 0.29) is 49.8 Å². The molecular weight excluding hydrogens is 1330 g/mol. The van der Waals surface area contributed by atoms with Crippen molar-refractivity contribution in [3.05, 3.63) is 120 Å². The van der Waals surface area contributed by atoms with Gasteiger partial charge in [0, 0.05) is 76.8 Å². The molecule has 104 heavy (non-hydrogen) atoms. The van der Waals surface area contributed by atoms with Crippen LogP contribution in [0.1, 0.15) is 134 Å². The van der Waals surface area contributed by atoms with Crippen LogP contribution in [0, 0.1) is 10.8 Å². The summed E-state index contributed by atoms with van der Waals surface area (Å²) >= 11 is 0. The monoisotopic (exact) mass is 1440 g/mol. The molecule has 0 aliphatic carbocycles. The van der Waals surface area contributed by atoms with Crippen molar-refractivity contribution in [3.8, 4) is 0 Å². The number of anilines is 2. The van der Waals surface area contributed by atoms with E-state index in [0.29, 0.717) is 87.5 Å². The Kier molecular flexibility index (Phi) is 31.3. The van der Waals surface area contributed by atoms with E-state index in [9.17, 15) is 57.5 Å². The number of amides is 12. The Bertz CT molecular complexity index is 3430. The lowest BCUT2D eigenvalue weighted by atomic mass is 9.85. The zero-order valence-electron chi connectivity index (χ0n) is 63.0. The number of likely N-dealkylation sites (N-methyl/N-ethyl adjacent to an activating group) is 2. The number of hydrogen-bond donors (Lipinski definition) is 6. The van der Waals surface area contributed by atoms with Crippen molar-refractivity contribution < 1.29 is 67.0 Å². The molecule has 0 aromatic heterocycles. The minimum Gasteiger partial charge on any atom is -0.444 e. The van der Waals surface area contributed by atoms with E-state index >= 15 is 0 Å². The second-order valence-corrected chi connectivity index (χ2v) is 30.1. The van der Waals surface area contributed by atoms with Crippen LogP contribution in [-0.4, -0.2) is 215 Å². The highest BCUT2D eigenvalue weighted by atomic mass is 16.6. The molecule has 2 saturated heterocycles. The quantitative estimate of drug-likeness (QED) is 0.0252. The van der Waals surface area contributed by atoms with Crippen LogP contribution in [0.4, 0.5) is 41.9 Å². The predicted octanol–water partition coefficient (Wildman–Crippen LogP) is 9.25. The van der Waals surface area contributed by atoms with Gasteiger partial charge in [0.05, 0.1) is 24.5 Å². The molecule has 28 heteroatoms. The van der Waals surface area contributed by atoms with E-state index < -0.39 is 94.3 Å². The van der Waals surface area contributed by atoms with Gasteiger partial charge in [-0.2, -0.15) is 9.98 Å². The van der Waals surface area contributed by atoms with Gasteiger partial charge >= 0.3 is 24.2 Å². The Balaban J connectivity index is 0.00000146. The minimum atomic E-state index is -0.964. The van der Waals surface area contributed by atoms with Crippen LogP contribution >= 0.6 is 0 Å². The van der Waals surface area contributed by atoms with E-state index in [0.717, 1.165) is 11.1 Å². The fourth-order valence-electron chi connectivity index (χ4n) is 11.3. The SMILES string of the molecule is C[C@@H](C(=O)N[C@H](C(=O)N1CCC[C@H]1CN(CCc1ccccc1)C(=O)CNC(=O)Nc1ccc(NC(=O)NCC(=O)N(CCc2ccccc2)C[C@@H]2CCCN2C(=O)[C@@H](NC(=O)[C@H](C)N(C)C(=O)OC(C)(C)C)C(C)(C)C)cc1)C(C)(C)C)N(C)C(=O)OC(C)(C)C.O=C=Nc1ccc(N=C=O)cc1. The number of carbonyl (C=O) groups excluding carboxylic acids is 12. The third-order valence-corrected chi connectivity index (χ3v) is 17.4. The highest BCUT2D eigenvalue weighted by molar-refractivity contribution is 5.96. The molecular formula is C76H106N14O14. The number of ether oxygens (including phenoxy) is 2. The normalized spacial score (nSPS) is 15.4. The molecule has 12 amide bonds. The van der Waals surface area contributed by atoms with Crippen LogP contribution < -0.4 is 31.9 Å². The zero-order chi connectivity index (χ0) is 77.3. The number of aliphatic imine (C=N–C) groups is 2. The van der Waals surface area contributed by atoms with Gasteiger partial charge < -0.3 is 61.0 Å². The molecule has 2 aliphatic rings. The van der Waals surface area contributed by atoms with Gasteiger partial charge in [0.15, 0.2) is 0 Å². The number of carbonyl (C=O) groups is 10. The van der Waals surface area contributed by atoms with Gasteiger partial charge in [0.25, 0.3) is 0 Å². The first-order valence-corrected chi connectivity index (χ1v) is 35.0. The second kappa shape index (κ2) is 38.7. The molecule has 6 atom stereocenters. The molecule has 564 valence electrons. The number of rotatable bonds is 26. The summed E-state index contributed by atoms with van der Waals surface area (Å²) in [5.41, 5.74) is 0.651. The summed E-state index contributed by atoms with van der Waals surface area (Å²) in [5.74, 6) is -2.41. The van der Waals surface area contributed by atoms with Gasteiger partial charge in [0.2, 0.25) is 47.6 Å². The number of hydrogen-bond acceptors (Lipinski definition) is 16. The molecule has 4 aromatic carbocycles. The molecule has 4 aromatic rings. The van der Waals surface area contributed by atoms with Crippen molar-refractivity contribution in [2.24, 2.45) is 20.8 Å². The van der Waals surface area contributed by atoms with Crippen LogP contribution in [0.3, 0.4) is 0 Å². The van der Waals surface area contributed by atoms with Gasteiger partial charge in [0.1, 0.15) is 35.4 Å². The fourth-order valence-corrected chi connectivity index (χ4v) is 11.3. The summed E-state index contributed by atoms with van der Waals surface area (Å²) in [7, 11) is 2.94. The molecule has 0 bridgehead atoms. The fraction of sp³-hybridized carbons (Fsp3) is 0.526. The van der Waals surface area contributed by atoms with E-state index in [2.05, 4.69) is 41.9 Å². The first-order chi connectivity index (χ1) is 48.8. The molecule has 0 saturated carbocycles. The first-order valence-electron chi connectivity index (χ1n) is 35.0. The smallest absolute Gasteiger partial charge is 0.410 e. The highest BCUT2D eigenvalue weighted by Gasteiger charge is 2.44. The maximum Gasteiger partial charge on any atom is 0.410 e. The standard InChI is InChI=1S/C68H102N12O12.C8H4N2O2/c1-45(75(15)63(89)91-67(9,10)11)57(83)73-55(65(3,4)5)59(85)79-37-23-29-51(79)43-77(39-35-47-25-19-17-20-26-47)53(81)41-69-61(87)71-49-31-33-50(34-32-49)72-62(88)70-42-54(82)78(40-36-48-27-21-18-22-28-48)44-52-30-24-38-80(52)60(86)56(66(6,7)8)74-58(84)46(2)76(16)64(90)92-68(12,13)14;11-5-9-7-1-2-8(4-3-7)10-6-12/h17-22,25-28,31-34,45-46,51-52,55-56H,23-24,29-30,35-44H2,1-16H3,(H,73,83)(H,74,84)(H2,69,71,87)(H2,70,72,88);1-4H/t45-,46-,51-,52-,55+,56+;/m0./s1. The summed E-state index contributed by atoms with van der Waals surface area (Å²) in [4.78, 5) is 172. The zero-order valence-corrected chi connectivity index (χ0v) is 63.0. The molecule has 2 heterocycles. The van der Waals surface area contributed by atoms with Crippen molar-refractivity contribution in [1.29, 1.82) is 0 Å². The van der Waals surface area contributed by atoms with Crippen LogP contribution in [-0.2, 0) is 60.7 Å². The maximum absolute atomic E-state index is 14.5. The van der Waals surface area contributed by atoms with Gasteiger partial charge in [-0.25, -0.2) is 28.8 Å². The Morgan fingerprint density at radius 2 is 0.827 bits per heavy atom. The summed E-state index contributed by atoms with van der Waals surface area (Å²) in [5, 5.41) is 16.6. The lowest BCUT2D eigenvalue weighted by molar-refractivity contribution is -0.142. The molecule has 2 fully saturated rings. The molecule has 6 N–H and O–H groups in total. The van der Waals surface area contributed by atoms with Gasteiger partial charge in [-0.3, -0.25) is 38.6 Å². The van der Waals surface area contributed by atoms with Gasteiger partial charge in [-0.1, -0.05) is 102 Å². The summed E-state index contributed by atoms with van der Waals surface area (Å²) in [6.45, 7) is 25.7. The summed E-state index contributed by atoms with van der Waals surface area (Å²) < 4.78 is 10.9. The molecule has 6 rings (SSSR count). The predicted molar refractivity (Wildman–Crippen MR) is 395 cm³/mol. The van der Waals surface area contributed by atoms with Gasteiger partial charge in [-0.15, -0.1) is 0 Å². The van der Waals surface area contributed by atoms with E-state index in [1.54, 1.807) is 124 Å². The van der Waals surface area contributed by atoms with Crippen molar-refractivity contribution in [1.82, 2.24) is 50.7 Å². The van der Waals surface area contributed by atoms with Crippen molar-refractivity contribution in [2.45, 2.75) is 183 Å². The number of urea groups is 2. The molecule has 0 radical (unpaired) electrons. The van der Waals surface area contributed by atoms with Gasteiger partial charge in [-0.05, 0) is 164 Å². The third kappa shape index (κ3) is 27.4. The number of nitrogens with zero attached hydrogens (tertiary/aromatic N) is 8. The van der Waals surface area contributed by atoms with E-state index in [1.165, 1.54) is 36.1 Å². The molecule has 0 spiro atoms. The highest BCUT2D eigenvalue weighted by Crippen LogP contribution is 2.30. The lowest BCUT2D eigenvalue weighted by Crippen LogP contribution is -2.60. The lowest BCUT2D eigenvalue weighted by Gasteiger charge is -2.38. The Labute approximate surface area is 610 Å². The number of benzene rings is 4. The number of nitrogens with one attached hydrogen (secondary N) is 6. The topological polar surface area (TPSA) is 340 Å². The average Bonchev–Trinajstić information content (AvgIpc) is 1.50. The largest absolute Gasteiger partial charge is 0.444 e.